The summed E-state index contributed by atoms with van der Waals surface area (Å²) in [5, 5.41) is 13.9. The van der Waals surface area contributed by atoms with Crippen molar-refractivity contribution >= 4 is 22.6 Å². The minimum Gasteiger partial charge on any atom is -0.393 e. The molecule has 0 bridgehead atoms. The normalized spacial score (nSPS) is 20.2. The lowest BCUT2D eigenvalue weighted by molar-refractivity contribution is 0.103. The summed E-state index contributed by atoms with van der Waals surface area (Å²) in [5.74, 6) is 0.640. The van der Waals surface area contributed by atoms with Crippen LogP contribution in [-0.4, -0.2) is 38.0 Å². The van der Waals surface area contributed by atoms with E-state index in [9.17, 15) is 9.90 Å². The summed E-state index contributed by atoms with van der Waals surface area (Å²) in [6.45, 7) is 1.94. The predicted molar refractivity (Wildman–Crippen MR) is 100 cm³/mol. The third-order valence-corrected chi connectivity index (χ3v) is 5.14. The van der Waals surface area contributed by atoms with E-state index in [1.54, 1.807) is 6.20 Å². The fourth-order valence-corrected chi connectivity index (χ4v) is 3.64. The smallest absolute Gasteiger partial charge is 0.195 e. The van der Waals surface area contributed by atoms with Crippen molar-refractivity contribution in [3.63, 3.8) is 0 Å². The minimum atomic E-state index is -0.205. The molecule has 3 aromatic rings. The van der Waals surface area contributed by atoms with Crippen LogP contribution in [0.15, 0.2) is 36.8 Å². The lowest BCUT2D eigenvalue weighted by Gasteiger charge is -2.26. The molecule has 0 saturated heterocycles. The summed E-state index contributed by atoms with van der Waals surface area (Å²) in [5.41, 5.74) is 2.85. The number of aromatic amines is 1. The SMILES string of the molecule is Cc1ccccc1C(=O)c1c[nH]c2ncnc(N[C@H]3CC[C@H](O)CC3)c12. The molecule has 26 heavy (non-hydrogen) atoms. The third kappa shape index (κ3) is 3.08. The summed E-state index contributed by atoms with van der Waals surface area (Å²) < 4.78 is 0. The summed E-state index contributed by atoms with van der Waals surface area (Å²) in [7, 11) is 0. The van der Waals surface area contributed by atoms with E-state index in [2.05, 4.69) is 20.3 Å². The second-order valence-corrected chi connectivity index (χ2v) is 6.94. The van der Waals surface area contributed by atoms with Gasteiger partial charge in [0.15, 0.2) is 5.78 Å². The highest BCUT2D eigenvalue weighted by Gasteiger charge is 2.23. The van der Waals surface area contributed by atoms with E-state index in [4.69, 9.17) is 0 Å². The van der Waals surface area contributed by atoms with E-state index in [0.29, 0.717) is 22.6 Å². The number of nitrogens with one attached hydrogen (secondary N) is 2. The molecule has 4 rings (SSSR count). The maximum absolute atomic E-state index is 13.1. The Morgan fingerprint density at radius 1 is 1.15 bits per heavy atom. The molecule has 1 saturated carbocycles. The molecule has 1 aliphatic carbocycles. The monoisotopic (exact) mass is 350 g/mol. The summed E-state index contributed by atoms with van der Waals surface area (Å²) in [4.78, 5) is 24.8. The average molecular weight is 350 g/mol. The van der Waals surface area contributed by atoms with E-state index < -0.39 is 0 Å². The van der Waals surface area contributed by atoms with Crippen LogP contribution >= 0.6 is 0 Å². The average Bonchev–Trinajstić information content (AvgIpc) is 3.09. The van der Waals surface area contributed by atoms with Gasteiger partial charge < -0.3 is 15.4 Å². The number of aryl methyl sites for hydroxylation is 1. The standard InChI is InChI=1S/C20H22N4O2/c1-12-4-2-3-5-15(12)18(26)16-10-21-19-17(16)20(23-11-22-19)24-13-6-8-14(25)9-7-13/h2-5,10-11,13-14,25H,6-9H2,1H3,(H2,21,22,23,24)/t13-,14-. The van der Waals surface area contributed by atoms with Gasteiger partial charge in [-0.15, -0.1) is 0 Å². The number of hydrogen-bond donors (Lipinski definition) is 3. The molecule has 6 nitrogen and oxygen atoms in total. The number of anilines is 1. The van der Waals surface area contributed by atoms with Gasteiger partial charge in [-0.1, -0.05) is 24.3 Å². The molecule has 0 amide bonds. The van der Waals surface area contributed by atoms with Crippen LogP contribution in [0.25, 0.3) is 11.0 Å². The fourth-order valence-electron chi connectivity index (χ4n) is 3.64. The Morgan fingerprint density at radius 2 is 1.92 bits per heavy atom. The molecule has 0 unspecified atom stereocenters. The Kier molecular flexibility index (Phi) is 4.42. The molecule has 0 atom stereocenters. The maximum Gasteiger partial charge on any atom is 0.195 e. The van der Waals surface area contributed by atoms with E-state index in [1.807, 2.05) is 31.2 Å². The molecular weight excluding hydrogens is 328 g/mol. The first kappa shape index (κ1) is 16.7. The van der Waals surface area contributed by atoms with Crippen LogP contribution in [0.2, 0.25) is 0 Å². The third-order valence-electron chi connectivity index (χ3n) is 5.14. The molecule has 2 aromatic heterocycles. The number of benzene rings is 1. The highest BCUT2D eigenvalue weighted by molar-refractivity contribution is 6.18. The van der Waals surface area contributed by atoms with Crippen molar-refractivity contribution in [3.8, 4) is 0 Å². The van der Waals surface area contributed by atoms with Crippen molar-refractivity contribution in [1.82, 2.24) is 15.0 Å². The largest absolute Gasteiger partial charge is 0.393 e. The van der Waals surface area contributed by atoms with Crippen LogP contribution in [-0.2, 0) is 0 Å². The van der Waals surface area contributed by atoms with Gasteiger partial charge in [0.05, 0.1) is 17.1 Å². The van der Waals surface area contributed by atoms with Gasteiger partial charge >= 0.3 is 0 Å². The molecule has 3 N–H and O–H groups in total. The Morgan fingerprint density at radius 3 is 2.69 bits per heavy atom. The number of aliphatic hydroxyl groups excluding tert-OH is 1. The first-order chi connectivity index (χ1) is 12.6. The summed E-state index contributed by atoms with van der Waals surface area (Å²) in [6, 6.07) is 7.82. The number of carbonyl (C=O) groups excluding carboxylic acids is 1. The highest BCUT2D eigenvalue weighted by atomic mass is 16.3. The van der Waals surface area contributed by atoms with Gasteiger partial charge in [-0.2, -0.15) is 0 Å². The molecule has 1 aromatic carbocycles. The zero-order chi connectivity index (χ0) is 18.1. The molecule has 0 aliphatic heterocycles. The Labute approximate surface area is 151 Å². The molecule has 6 heteroatoms. The second-order valence-electron chi connectivity index (χ2n) is 6.94. The molecule has 0 spiro atoms. The number of ketones is 1. The van der Waals surface area contributed by atoms with Crippen molar-refractivity contribution < 1.29 is 9.90 Å². The van der Waals surface area contributed by atoms with Crippen molar-refractivity contribution in [2.24, 2.45) is 0 Å². The van der Waals surface area contributed by atoms with Gasteiger partial charge in [-0.3, -0.25) is 4.79 Å². The Bertz CT molecular complexity index is 942. The van der Waals surface area contributed by atoms with E-state index >= 15 is 0 Å². The molecule has 1 aliphatic rings. The van der Waals surface area contributed by atoms with Crippen molar-refractivity contribution in [3.05, 3.63) is 53.5 Å². The maximum atomic E-state index is 13.1. The van der Waals surface area contributed by atoms with Crippen LogP contribution in [0, 0.1) is 6.92 Å². The first-order valence-electron chi connectivity index (χ1n) is 9.00. The lowest BCUT2D eigenvalue weighted by atomic mass is 9.93. The number of fused-ring (bicyclic) bond motifs is 1. The number of rotatable bonds is 4. The van der Waals surface area contributed by atoms with Crippen LogP contribution in [0.5, 0.6) is 0 Å². The van der Waals surface area contributed by atoms with Gasteiger partial charge in [0.2, 0.25) is 0 Å². The minimum absolute atomic E-state index is 0.0359. The van der Waals surface area contributed by atoms with Crippen molar-refractivity contribution in [1.29, 1.82) is 0 Å². The first-order valence-corrected chi connectivity index (χ1v) is 9.00. The van der Waals surface area contributed by atoms with Gasteiger partial charge in [0, 0.05) is 17.8 Å². The Hall–Kier alpha value is -2.73. The number of aliphatic hydroxyl groups is 1. The van der Waals surface area contributed by atoms with E-state index in [1.165, 1.54) is 6.33 Å². The van der Waals surface area contributed by atoms with Crippen LogP contribution in [0.1, 0.15) is 47.2 Å². The number of nitrogens with zero attached hydrogens (tertiary/aromatic N) is 2. The molecule has 134 valence electrons. The topological polar surface area (TPSA) is 90.9 Å². The lowest BCUT2D eigenvalue weighted by Crippen LogP contribution is -2.28. The number of hydrogen-bond acceptors (Lipinski definition) is 5. The quantitative estimate of drug-likeness (QED) is 0.629. The van der Waals surface area contributed by atoms with Gasteiger partial charge in [-0.25, -0.2) is 9.97 Å². The predicted octanol–water partition coefficient (Wildman–Crippen LogP) is 3.21. The van der Waals surface area contributed by atoms with Crippen molar-refractivity contribution in [2.45, 2.75) is 44.8 Å². The number of carbonyl (C=O) groups is 1. The Balaban J connectivity index is 1.71. The van der Waals surface area contributed by atoms with Crippen molar-refractivity contribution in [2.75, 3.05) is 5.32 Å². The summed E-state index contributed by atoms with van der Waals surface area (Å²) in [6.07, 6.45) is 6.35. The number of aromatic nitrogens is 3. The molecule has 1 fully saturated rings. The van der Waals surface area contributed by atoms with Crippen LogP contribution in [0.3, 0.4) is 0 Å². The second kappa shape index (κ2) is 6.88. The highest BCUT2D eigenvalue weighted by Crippen LogP contribution is 2.29. The molecular formula is C20H22N4O2. The van der Waals surface area contributed by atoms with Crippen LogP contribution in [0.4, 0.5) is 5.82 Å². The molecule has 2 heterocycles. The van der Waals surface area contributed by atoms with E-state index in [0.717, 1.165) is 36.6 Å². The fraction of sp³-hybridized carbons (Fsp3) is 0.350. The van der Waals surface area contributed by atoms with Gasteiger partial charge in [0.25, 0.3) is 0 Å². The van der Waals surface area contributed by atoms with E-state index in [-0.39, 0.29) is 17.9 Å². The zero-order valence-corrected chi connectivity index (χ0v) is 14.7. The van der Waals surface area contributed by atoms with Crippen LogP contribution < -0.4 is 5.32 Å². The molecule has 0 radical (unpaired) electrons. The van der Waals surface area contributed by atoms with Gasteiger partial charge in [0.1, 0.15) is 17.8 Å². The summed E-state index contributed by atoms with van der Waals surface area (Å²) >= 11 is 0. The zero-order valence-electron chi connectivity index (χ0n) is 14.7. The van der Waals surface area contributed by atoms with Gasteiger partial charge in [-0.05, 0) is 38.2 Å². The number of H-pyrrole nitrogens is 1.